The minimum Gasteiger partial charge on any atom is -0.497 e. The summed E-state index contributed by atoms with van der Waals surface area (Å²) in [5.41, 5.74) is 2.01. The standard InChI is InChI=1S/C14H15BrN2O2/c1-18-12-3-4-13(14(6-12)19-2)17-8-10-5-11(15)9-16-7-10/h3-7,9,17H,8H2,1-2H3. The van der Waals surface area contributed by atoms with Crippen molar-refractivity contribution in [2.75, 3.05) is 19.5 Å². The lowest BCUT2D eigenvalue weighted by atomic mass is 10.2. The number of halogens is 1. The predicted molar refractivity (Wildman–Crippen MR) is 78.8 cm³/mol. The monoisotopic (exact) mass is 322 g/mol. The number of hydrogen-bond donors (Lipinski definition) is 1. The molecule has 0 fully saturated rings. The second-order valence-corrected chi connectivity index (χ2v) is 4.85. The van der Waals surface area contributed by atoms with Gasteiger partial charge in [-0.25, -0.2) is 0 Å². The van der Waals surface area contributed by atoms with E-state index in [2.05, 4.69) is 26.2 Å². The highest BCUT2D eigenvalue weighted by Gasteiger charge is 2.04. The number of ether oxygens (including phenoxy) is 2. The maximum absolute atomic E-state index is 5.33. The summed E-state index contributed by atoms with van der Waals surface area (Å²) in [4.78, 5) is 4.13. The fourth-order valence-electron chi connectivity index (χ4n) is 1.69. The molecule has 0 unspecified atom stereocenters. The molecule has 0 saturated heterocycles. The Balaban J connectivity index is 2.11. The number of benzene rings is 1. The summed E-state index contributed by atoms with van der Waals surface area (Å²) in [6.45, 7) is 0.676. The molecule has 5 heteroatoms. The summed E-state index contributed by atoms with van der Waals surface area (Å²) in [7, 11) is 3.27. The van der Waals surface area contributed by atoms with Gasteiger partial charge in [0.05, 0.1) is 19.9 Å². The number of anilines is 1. The molecule has 2 rings (SSSR count). The summed E-state index contributed by atoms with van der Waals surface area (Å²) in [6, 6.07) is 7.70. The third-order valence-electron chi connectivity index (χ3n) is 2.65. The zero-order valence-corrected chi connectivity index (χ0v) is 12.4. The number of nitrogens with zero attached hydrogens (tertiary/aromatic N) is 1. The van der Waals surface area contributed by atoms with Crippen LogP contribution in [0.15, 0.2) is 41.1 Å². The molecule has 0 aliphatic rings. The van der Waals surface area contributed by atoms with Crippen LogP contribution in [0.2, 0.25) is 0 Å². The minimum atomic E-state index is 0.676. The van der Waals surface area contributed by atoms with Crippen molar-refractivity contribution in [1.82, 2.24) is 4.98 Å². The molecule has 100 valence electrons. The highest BCUT2D eigenvalue weighted by molar-refractivity contribution is 9.10. The Morgan fingerprint density at radius 1 is 1.16 bits per heavy atom. The van der Waals surface area contributed by atoms with Gasteiger partial charge in [0.15, 0.2) is 0 Å². The highest BCUT2D eigenvalue weighted by atomic mass is 79.9. The van der Waals surface area contributed by atoms with Gasteiger partial charge in [-0.1, -0.05) is 0 Å². The van der Waals surface area contributed by atoms with Crippen LogP contribution in [0.5, 0.6) is 11.5 Å². The molecule has 1 N–H and O–H groups in total. The fourth-order valence-corrected chi connectivity index (χ4v) is 2.11. The van der Waals surface area contributed by atoms with Gasteiger partial charge in [-0.05, 0) is 39.7 Å². The first-order valence-electron chi connectivity index (χ1n) is 5.78. The smallest absolute Gasteiger partial charge is 0.145 e. The molecule has 0 saturated carbocycles. The van der Waals surface area contributed by atoms with Gasteiger partial charge in [-0.15, -0.1) is 0 Å². The summed E-state index contributed by atoms with van der Waals surface area (Å²) in [6.07, 6.45) is 3.59. The molecule has 0 aliphatic heterocycles. The minimum absolute atomic E-state index is 0.676. The number of nitrogens with one attached hydrogen (secondary N) is 1. The van der Waals surface area contributed by atoms with Crippen molar-refractivity contribution in [2.24, 2.45) is 0 Å². The number of aromatic nitrogens is 1. The Labute approximate surface area is 120 Å². The average Bonchev–Trinajstić information content (AvgIpc) is 2.45. The number of rotatable bonds is 5. The largest absolute Gasteiger partial charge is 0.497 e. The van der Waals surface area contributed by atoms with Crippen molar-refractivity contribution in [2.45, 2.75) is 6.54 Å². The maximum Gasteiger partial charge on any atom is 0.145 e. The molecule has 0 aliphatic carbocycles. The van der Waals surface area contributed by atoms with Crippen LogP contribution in [-0.2, 0) is 6.54 Å². The first kappa shape index (κ1) is 13.7. The number of hydrogen-bond acceptors (Lipinski definition) is 4. The molecule has 0 atom stereocenters. The second kappa shape index (κ2) is 6.43. The molecule has 1 heterocycles. The second-order valence-electron chi connectivity index (χ2n) is 3.93. The van der Waals surface area contributed by atoms with Gasteiger partial charge in [0.25, 0.3) is 0 Å². The molecule has 19 heavy (non-hydrogen) atoms. The normalized spacial score (nSPS) is 10.1. The zero-order chi connectivity index (χ0) is 13.7. The first-order valence-corrected chi connectivity index (χ1v) is 6.57. The Morgan fingerprint density at radius 2 is 2.00 bits per heavy atom. The third-order valence-corrected chi connectivity index (χ3v) is 3.09. The molecular weight excluding hydrogens is 308 g/mol. The lowest BCUT2D eigenvalue weighted by molar-refractivity contribution is 0.395. The molecule has 1 aromatic heterocycles. The van der Waals surface area contributed by atoms with Crippen molar-refractivity contribution < 1.29 is 9.47 Å². The van der Waals surface area contributed by atoms with Gasteiger partial charge in [-0.2, -0.15) is 0 Å². The van der Waals surface area contributed by atoms with E-state index in [4.69, 9.17) is 9.47 Å². The summed E-state index contributed by atoms with van der Waals surface area (Å²) < 4.78 is 11.5. The van der Waals surface area contributed by atoms with Crippen molar-refractivity contribution >= 4 is 21.6 Å². The lowest BCUT2D eigenvalue weighted by Gasteiger charge is -2.12. The van der Waals surface area contributed by atoms with Crippen molar-refractivity contribution in [1.29, 1.82) is 0 Å². The summed E-state index contributed by atoms with van der Waals surface area (Å²) in [5.74, 6) is 1.52. The number of pyridine rings is 1. The van der Waals surface area contributed by atoms with E-state index in [9.17, 15) is 0 Å². The fraction of sp³-hybridized carbons (Fsp3) is 0.214. The van der Waals surface area contributed by atoms with Crippen LogP contribution >= 0.6 is 15.9 Å². The van der Waals surface area contributed by atoms with Gasteiger partial charge in [-0.3, -0.25) is 4.98 Å². The van der Waals surface area contributed by atoms with Crippen LogP contribution in [0.4, 0.5) is 5.69 Å². The van der Waals surface area contributed by atoms with E-state index in [1.807, 2.05) is 30.5 Å². The Hall–Kier alpha value is -1.75. The van der Waals surface area contributed by atoms with Gasteiger partial charge in [0.2, 0.25) is 0 Å². The van der Waals surface area contributed by atoms with E-state index in [-0.39, 0.29) is 0 Å². The predicted octanol–water partition coefficient (Wildman–Crippen LogP) is 3.47. The van der Waals surface area contributed by atoms with E-state index in [0.717, 1.165) is 27.2 Å². The van der Waals surface area contributed by atoms with Crippen LogP contribution in [0.25, 0.3) is 0 Å². The van der Waals surface area contributed by atoms with Gasteiger partial charge in [0, 0.05) is 29.5 Å². The molecule has 0 amide bonds. The van der Waals surface area contributed by atoms with E-state index in [1.54, 1.807) is 20.4 Å². The van der Waals surface area contributed by atoms with Crippen molar-refractivity contribution in [3.05, 3.63) is 46.7 Å². The van der Waals surface area contributed by atoms with E-state index < -0.39 is 0 Å². The van der Waals surface area contributed by atoms with E-state index in [1.165, 1.54) is 0 Å². The lowest BCUT2D eigenvalue weighted by Crippen LogP contribution is -2.02. The average molecular weight is 323 g/mol. The highest BCUT2D eigenvalue weighted by Crippen LogP contribution is 2.29. The molecule has 0 radical (unpaired) electrons. The molecule has 2 aromatic rings. The maximum atomic E-state index is 5.33. The van der Waals surface area contributed by atoms with Gasteiger partial charge < -0.3 is 14.8 Å². The van der Waals surface area contributed by atoms with Gasteiger partial charge >= 0.3 is 0 Å². The molecule has 1 aromatic carbocycles. The third kappa shape index (κ3) is 3.61. The van der Waals surface area contributed by atoms with Crippen LogP contribution in [0.1, 0.15) is 5.56 Å². The Morgan fingerprint density at radius 3 is 2.68 bits per heavy atom. The summed E-state index contributed by atoms with van der Waals surface area (Å²) in [5, 5.41) is 3.32. The Kier molecular flexibility index (Phi) is 4.63. The Bertz CT molecular complexity index is 561. The van der Waals surface area contributed by atoms with Crippen LogP contribution in [-0.4, -0.2) is 19.2 Å². The first-order chi connectivity index (χ1) is 9.22. The van der Waals surface area contributed by atoms with Gasteiger partial charge in [0.1, 0.15) is 11.5 Å². The molecule has 4 nitrogen and oxygen atoms in total. The number of methoxy groups -OCH3 is 2. The van der Waals surface area contributed by atoms with E-state index >= 15 is 0 Å². The van der Waals surface area contributed by atoms with Crippen LogP contribution in [0.3, 0.4) is 0 Å². The van der Waals surface area contributed by atoms with Crippen molar-refractivity contribution in [3.63, 3.8) is 0 Å². The topological polar surface area (TPSA) is 43.4 Å². The van der Waals surface area contributed by atoms with Crippen LogP contribution < -0.4 is 14.8 Å². The molecule has 0 spiro atoms. The van der Waals surface area contributed by atoms with E-state index in [0.29, 0.717) is 6.54 Å². The SMILES string of the molecule is COc1ccc(NCc2cncc(Br)c2)c(OC)c1. The zero-order valence-electron chi connectivity index (χ0n) is 10.8. The molecular formula is C14H15BrN2O2. The van der Waals surface area contributed by atoms with Crippen molar-refractivity contribution in [3.8, 4) is 11.5 Å². The van der Waals surface area contributed by atoms with Crippen LogP contribution in [0, 0.1) is 0 Å². The summed E-state index contributed by atoms with van der Waals surface area (Å²) >= 11 is 3.40. The quantitative estimate of drug-likeness (QED) is 0.915. The molecule has 0 bridgehead atoms.